The number of ether oxygens (including phenoxy) is 1. The molecule has 5 heteroatoms. The van der Waals surface area contributed by atoms with Gasteiger partial charge in [-0.1, -0.05) is 13.3 Å². The van der Waals surface area contributed by atoms with Crippen molar-refractivity contribution in [3.63, 3.8) is 0 Å². The van der Waals surface area contributed by atoms with Crippen LogP contribution in [0.3, 0.4) is 0 Å². The Bertz CT molecular complexity index is 621. The minimum absolute atomic E-state index is 0.196. The molecular weight excluding hydrogens is 310 g/mol. The highest BCUT2D eigenvalue weighted by atomic mass is 32.1. The quantitative estimate of drug-likeness (QED) is 0.724. The van der Waals surface area contributed by atoms with Crippen molar-refractivity contribution in [2.24, 2.45) is 0 Å². The molecule has 1 amide bonds. The molecular formula is C18H23NO3S. The maximum absolute atomic E-state index is 12.1. The van der Waals surface area contributed by atoms with Gasteiger partial charge in [0, 0.05) is 17.0 Å². The second kappa shape index (κ2) is 8.70. The maximum Gasteiger partial charge on any atom is 0.251 e. The summed E-state index contributed by atoms with van der Waals surface area (Å²) in [6.07, 6.45) is 1.44. The molecule has 124 valence electrons. The molecule has 0 fully saturated rings. The number of benzene rings is 1. The molecule has 0 aliphatic rings. The van der Waals surface area contributed by atoms with E-state index in [-0.39, 0.29) is 12.5 Å². The molecule has 2 N–H and O–H groups in total. The summed E-state index contributed by atoms with van der Waals surface area (Å²) in [6, 6.07) is 9.02. The number of nitrogens with one attached hydrogen (secondary N) is 1. The number of carbonyl (C=O) groups excluding carboxylic acids is 1. The van der Waals surface area contributed by atoms with Crippen LogP contribution >= 0.6 is 11.3 Å². The summed E-state index contributed by atoms with van der Waals surface area (Å²) in [7, 11) is 0. The van der Waals surface area contributed by atoms with Gasteiger partial charge in [0.1, 0.15) is 11.9 Å². The number of aliphatic hydroxyl groups excluding tert-OH is 1. The van der Waals surface area contributed by atoms with Gasteiger partial charge >= 0.3 is 0 Å². The highest BCUT2D eigenvalue weighted by molar-refractivity contribution is 7.10. The van der Waals surface area contributed by atoms with E-state index in [1.165, 1.54) is 11.3 Å². The summed E-state index contributed by atoms with van der Waals surface area (Å²) in [6.45, 7) is 4.96. The van der Waals surface area contributed by atoms with Crippen LogP contribution in [0, 0.1) is 6.92 Å². The van der Waals surface area contributed by atoms with Crippen molar-refractivity contribution in [2.75, 3.05) is 13.2 Å². The van der Waals surface area contributed by atoms with Gasteiger partial charge in [0.25, 0.3) is 5.91 Å². The Balaban J connectivity index is 1.84. The minimum Gasteiger partial charge on any atom is -0.494 e. The zero-order valence-corrected chi connectivity index (χ0v) is 14.4. The molecule has 0 unspecified atom stereocenters. The Morgan fingerprint density at radius 1 is 1.30 bits per heavy atom. The van der Waals surface area contributed by atoms with Crippen LogP contribution in [-0.2, 0) is 0 Å². The van der Waals surface area contributed by atoms with E-state index >= 15 is 0 Å². The molecule has 0 saturated heterocycles. The molecule has 1 atom stereocenters. The third-order valence-electron chi connectivity index (χ3n) is 3.54. The number of rotatable bonds is 8. The molecule has 0 radical (unpaired) electrons. The van der Waals surface area contributed by atoms with Gasteiger partial charge in [-0.05, 0) is 54.6 Å². The topological polar surface area (TPSA) is 58.6 Å². The standard InChI is InChI=1S/C18H23NO3S/c1-3-4-10-22-15-7-5-14(6-8-15)18(21)19-12-16(20)17-13(2)9-11-23-17/h5-9,11,16,20H,3-4,10,12H2,1-2H3,(H,19,21)/t16-/m1/s1. The van der Waals surface area contributed by atoms with Gasteiger partial charge in [0.2, 0.25) is 0 Å². The average Bonchev–Trinajstić information content (AvgIpc) is 2.99. The molecule has 1 heterocycles. The van der Waals surface area contributed by atoms with E-state index in [0.29, 0.717) is 12.2 Å². The van der Waals surface area contributed by atoms with Crippen LogP contribution in [0.5, 0.6) is 5.75 Å². The van der Waals surface area contributed by atoms with E-state index in [4.69, 9.17) is 4.74 Å². The predicted molar refractivity (Wildman–Crippen MR) is 93.2 cm³/mol. The van der Waals surface area contributed by atoms with Gasteiger partial charge in [-0.3, -0.25) is 4.79 Å². The van der Waals surface area contributed by atoms with Crippen LogP contribution in [0.15, 0.2) is 35.7 Å². The molecule has 0 saturated carbocycles. The van der Waals surface area contributed by atoms with Gasteiger partial charge in [-0.15, -0.1) is 11.3 Å². The van der Waals surface area contributed by atoms with Crippen molar-refractivity contribution in [2.45, 2.75) is 32.8 Å². The largest absolute Gasteiger partial charge is 0.494 e. The van der Waals surface area contributed by atoms with Crippen molar-refractivity contribution >= 4 is 17.2 Å². The first-order chi connectivity index (χ1) is 11.1. The van der Waals surface area contributed by atoms with E-state index in [2.05, 4.69) is 12.2 Å². The summed E-state index contributed by atoms with van der Waals surface area (Å²) in [5.41, 5.74) is 1.60. The van der Waals surface area contributed by atoms with Crippen LogP contribution in [-0.4, -0.2) is 24.2 Å². The normalized spacial score (nSPS) is 12.0. The van der Waals surface area contributed by atoms with E-state index in [9.17, 15) is 9.90 Å². The molecule has 1 aromatic heterocycles. The lowest BCUT2D eigenvalue weighted by Gasteiger charge is -2.12. The molecule has 1 aromatic carbocycles. The first kappa shape index (κ1) is 17.5. The number of hydrogen-bond donors (Lipinski definition) is 2. The van der Waals surface area contributed by atoms with Gasteiger partial charge in [-0.25, -0.2) is 0 Å². The lowest BCUT2D eigenvalue weighted by Crippen LogP contribution is -2.28. The summed E-state index contributed by atoms with van der Waals surface area (Å²) in [5.74, 6) is 0.572. The molecule has 0 spiro atoms. The maximum atomic E-state index is 12.1. The van der Waals surface area contributed by atoms with Crippen molar-refractivity contribution in [1.82, 2.24) is 5.32 Å². The Morgan fingerprint density at radius 3 is 2.65 bits per heavy atom. The highest BCUT2D eigenvalue weighted by Crippen LogP contribution is 2.23. The number of unbranched alkanes of at least 4 members (excludes halogenated alkanes) is 1. The van der Waals surface area contributed by atoms with E-state index < -0.39 is 6.10 Å². The second-order valence-corrected chi connectivity index (χ2v) is 6.37. The number of aryl methyl sites for hydroxylation is 1. The van der Waals surface area contributed by atoms with Crippen LogP contribution in [0.4, 0.5) is 0 Å². The SMILES string of the molecule is CCCCOc1ccc(C(=O)NC[C@@H](O)c2sccc2C)cc1. The number of hydrogen-bond acceptors (Lipinski definition) is 4. The first-order valence-electron chi connectivity index (χ1n) is 7.85. The van der Waals surface area contributed by atoms with Crippen LogP contribution in [0.2, 0.25) is 0 Å². The molecule has 0 aliphatic carbocycles. The molecule has 2 rings (SSSR count). The summed E-state index contributed by atoms with van der Waals surface area (Å²) >= 11 is 1.50. The van der Waals surface area contributed by atoms with Crippen molar-refractivity contribution in [1.29, 1.82) is 0 Å². The number of carbonyl (C=O) groups is 1. The molecule has 0 aliphatic heterocycles. The Hall–Kier alpha value is -1.85. The first-order valence-corrected chi connectivity index (χ1v) is 8.73. The molecule has 23 heavy (non-hydrogen) atoms. The molecule has 2 aromatic rings. The van der Waals surface area contributed by atoms with Gasteiger partial charge in [0.05, 0.1) is 6.61 Å². The fraction of sp³-hybridized carbons (Fsp3) is 0.389. The number of thiophene rings is 1. The van der Waals surface area contributed by atoms with Crippen LogP contribution in [0.1, 0.15) is 46.7 Å². The van der Waals surface area contributed by atoms with Crippen LogP contribution in [0.25, 0.3) is 0 Å². The Morgan fingerprint density at radius 2 is 2.04 bits per heavy atom. The Labute approximate surface area is 141 Å². The Kier molecular flexibility index (Phi) is 6.62. The van der Waals surface area contributed by atoms with Crippen LogP contribution < -0.4 is 10.1 Å². The number of amides is 1. The van der Waals surface area contributed by atoms with Crippen molar-refractivity contribution < 1.29 is 14.6 Å². The van der Waals surface area contributed by atoms with Gasteiger partial charge < -0.3 is 15.2 Å². The monoisotopic (exact) mass is 333 g/mol. The zero-order valence-electron chi connectivity index (χ0n) is 13.5. The third kappa shape index (κ3) is 5.08. The summed E-state index contributed by atoms with van der Waals surface area (Å²) in [4.78, 5) is 13.0. The van der Waals surface area contributed by atoms with Gasteiger partial charge in [0.15, 0.2) is 0 Å². The molecule has 0 bridgehead atoms. The fourth-order valence-corrected chi connectivity index (χ4v) is 3.06. The average molecular weight is 333 g/mol. The lowest BCUT2D eigenvalue weighted by molar-refractivity contribution is 0.0917. The zero-order chi connectivity index (χ0) is 16.7. The number of aliphatic hydroxyl groups is 1. The van der Waals surface area contributed by atoms with E-state index in [0.717, 1.165) is 29.0 Å². The highest BCUT2D eigenvalue weighted by Gasteiger charge is 2.14. The summed E-state index contributed by atoms with van der Waals surface area (Å²) in [5, 5.41) is 14.8. The smallest absolute Gasteiger partial charge is 0.251 e. The second-order valence-electron chi connectivity index (χ2n) is 5.42. The molecule has 4 nitrogen and oxygen atoms in total. The minimum atomic E-state index is -0.671. The van der Waals surface area contributed by atoms with Crippen molar-refractivity contribution in [3.8, 4) is 5.75 Å². The lowest BCUT2D eigenvalue weighted by atomic mass is 10.2. The predicted octanol–water partition coefficient (Wildman–Crippen LogP) is 3.70. The summed E-state index contributed by atoms with van der Waals surface area (Å²) < 4.78 is 5.57. The van der Waals surface area contributed by atoms with Gasteiger partial charge in [-0.2, -0.15) is 0 Å². The van der Waals surface area contributed by atoms with E-state index in [1.54, 1.807) is 24.3 Å². The van der Waals surface area contributed by atoms with Crippen molar-refractivity contribution in [3.05, 3.63) is 51.7 Å². The van der Waals surface area contributed by atoms with E-state index in [1.807, 2.05) is 18.4 Å². The third-order valence-corrected chi connectivity index (χ3v) is 4.66. The fourth-order valence-electron chi connectivity index (χ4n) is 2.15.